The van der Waals surface area contributed by atoms with Gasteiger partial charge in [-0.15, -0.1) is 0 Å². The van der Waals surface area contributed by atoms with E-state index < -0.39 is 10.0 Å². The fourth-order valence-electron chi connectivity index (χ4n) is 2.55. The second-order valence-corrected chi connectivity index (χ2v) is 9.11. The van der Waals surface area contributed by atoms with Crippen molar-refractivity contribution in [1.82, 2.24) is 9.62 Å². The summed E-state index contributed by atoms with van der Waals surface area (Å²) < 4.78 is 25.7. The molecule has 2 aromatic rings. The molecule has 0 aromatic heterocycles. The Morgan fingerprint density at radius 1 is 1.04 bits per heavy atom. The first-order valence-corrected chi connectivity index (χ1v) is 10.2. The van der Waals surface area contributed by atoms with Gasteiger partial charge in [0.1, 0.15) is 0 Å². The molecule has 2 N–H and O–H groups in total. The number of rotatable bonds is 6. The van der Waals surface area contributed by atoms with E-state index in [2.05, 4.69) is 36.6 Å². The minimum atomic E-state index is -3.49. The lowest BCUT2D eigenvalue weighted by molar-refractivity contribution is 0.473. The zero-order valence-electron chi connectivity index (χ0n) is 15.4. The summed E-state index contributed by atoms with van der Waals surface area (Å²) in [5.41, 5.74) is 1.77. The molecule has 0 heterocycles. The molecule has 0 amide bonds. The van der Waals surface area contributed by atoms with E-state index in [0.29, 0.717) is 16.7 Å². The average molecular weight is 392 g/mol. The fraction of sp³-hybridized carbons (Fsp3) is 0.316. The maximum absolute atomic E-state index is 12.3. The van der Waals surface area contributed by atoms with Crippen molar-refractivity contribution in [2.24, 2.45) is 5.92 Å². The van der Waals surface area contributed by atoms with Crippen molar-refractivity contribution in [3.8, 4) is 0 Å². The summed E-state index contributed by atoms with van der Waals surface area (Å²) >= 11 is 5.44. The van der Waals surface area contributed by atoms with Crippen molar-refractivity contribution < 1.29 is 8.42 Å². The second-order valence-electron chi connectivity index (χ2n) is 6.55. The Kier molecular flexibility index (Phi) is 6.75. The van der Waals surface area contributed by atoms with Crippen LogP contribution < -0.4 is 10.6 Å². The molecule has 140 valence electrons. The molecule has 0 aliphatic rings. The van der Waals surface area contributed by atoms with Crippen molar-refractivity contribution in [2.45, 2.75) is 24.8 Å². The summed E-state index contributed by atoms with van der Waals surface area (Å²) in [6.07, 6.45) is 0. The van der Waals surface area contributed by atoms with Gasteiger partial charge in [-0.05, 0) is 41.9 Å². The van der Waals surface area contributed by atoms with E-state index in [9.17, 15) is 8.42 Å². The first kappa shape index (κ1) is 20.4. The van der Waals surface area contributed by atoms with E-state index in [0.717, 1.165) is 5.56 Å². The smallest absolute Gasteiger partial charge is 0.242 e. The number of hydrogen-bond acceptors (Lipinski definition) is 3. The van der Waals surface area contributed by atoms with Gasteiger partial charge in [0, 0.05) is 19.8 Å². The lowest BCUT2D eigenvalue weighted by atomic mass is 9.96. The Morgan fingerprint density at radius 2 is 1.69 bits per heavy atom. The first-order chi connectivity index (χ1) is 12.2. The molecular formula is C19H25N3O2S2. The van der Waals surface area contributed by atoms with Crippen molar-refractivity contribution >= 4 is 33.0 Å². The molecular weight excluding hydrogens is 366 g/mol. The van der Waals surface area contributed by atoms with E-state index in [1.807, 2.05) is 18.2 Å². The highest BCUT2D eigenvalue weighted by Crippen LogP contribution is 2.22. The van der Waals surface area contributed by atoms with E-state index in [4.69, 9.17) is 12.2 Å². The molecule has 2 aromatic carbocycles. The van der Waals surface area contributed by atoms with Gasteiger partial charge in [0.2, 0.25) is 10.0 Å². The maximum atomic E-state index is 12.3. The molecule has 0 saturated carbocycles. The molecule has 0 spiro atoms. The maximum Gasteiger partial charge on any atom is 0.242 e. The van der Waals surface area contributed by atoms with Gasteiger partial charge in [0.05, 0.1) is 10.9 Å². The van der Waals surface area contributed by atoms with Crippen LogP contribution in [0.25, 0.3) is 0 Å². The molecule has 2 rings (SSSR count). The molecule has 7 heteroatoms. The van der Waals surface area contributed by atoms with Gasteiger partial charge < -0.3 is 10.6 Å². The van der Waals surface area contributed by atoms with Crippen LogP contribution in [0.1, 0.15) is 25.5 Å². The summed E-state index contributed by atoms with van der Waals surface area (Å²) in [5.74, 6) is 0.331. The van der Waals surface area contributed by atoms with E-state index in [-0.39, 0.29) is 10.9 Å². The third-order valence-corrected chi connectivity index (χ3v) is 6.01. The van der Waals surface area contributed by atoms with Crippen LogP contribution in [0.4, 0.5) is 5.69 Å². The number of nitrogens with one attached hydrogen (secondary N) is 2. The number of nitrogens with zero attached hydrogens (tertiary/aromatic N) is 1. The third-order valence-electron chi connectivity index (χ3n) is 3.98. The Labute approximate surface area is 161 Å². The van der Waals surface area contributed by atoms with Crippen LogP contribution in [0.5, 0.6) is 0 Å². The predicted molar refractivity (Wildman–Crippen MR) is 111 cm³/mol. The van der Waals surface area contributed by atoms with Crippen LogP contribution in [0, 0.1) is 5.92 Å². The molecule has 0 aliphatic carbocycles. The highest BCUT2D eigenvalue weighted by atomic mass is 32.2. The van der Waals surface area contributed by atoms with Gasteiger partial charge >= 0.3 is 0 Å². The molecule has 26 heavy (non-hydrogen) atoms. The Hall–Kier alpha value is -1.96. The molecule has 5 nitrogen and oxygen atoms in total. The zero-order chi connectivity index (χ0) is 19.3. The number of anilines is 1. The molecule has 1 atom stereocenters. The zero-order valence-corrected chi connectivity index (χ0v) is 17.1. The van der Waals surface area contributed by atoms with Crippen molar-refractivity contribution in [1.29, 1.82) is 0 Å². The first-order valence-electron chi connectivity index (χ1n) is 8.37. The molecule has 0 radical (unpaired) electrons. The number of sulfonamides is 1. The predicted octanol–water partition coefficient (Wildman–Crippen LogP) is 3.62. The molecule has 0 bridgehead atoms. The van der Waals surface area contributed by atoms with E-state index in [1.54, 1.807) is 24.3 Å². The summed E-state index contributed by atoms with van der Waals surface area (Å²) in [7, 11) is -0.468. The molecule has 0 saturated heterocycles. The van der Waals surface area contributed by atoms with Gasteiger partial charge in [-0.2, -0.15) is 0 Å². The second kappa shape index (κ2) is 8.62. The highest BCUT2D eigenvalue weighted by Gasteiger charge is 2.19. The molecule has 0 fully saturated rings. The largest absolute Gasteiger partial charge is 0.355 e. The number of hydrogen-bond donors (Lipinski definition) is 2. The number of benzene rings is 2. The third kappa shape index (κ3) is 5.03. The lowest BCUT2D eigenvalue weighted by Crippen LogP contribution is -2.35. The Balaban J connectivity index is 2.15. The van der Waals surface area contributed by atoms with Crippen LogP contribution in [0.15, 0.2) is 59.5 Å². The summed E-state index contributed by atoms with van der Waals surface area (Å²) in [4.78, 5) is 0.221. The van der Waals surface area contributed by atoms with E-state index in [1.165, 1.54) is 18.4 Å². The molecule has 0 unspecified atom stereocenters. The van der Waals surface area contributed by atoms with Gasteiger partial charge in [-0.1, -0.05) is 50.2 Å². The standard InChI is InChI=1S/C19H25N3O2S2/c1-14(2)18(15-9-6-5-7-10-15)21-19(25)20-16-11-8-12-17(13-16)26(23,24)22(3)4/h5-14,18H,1-4H3,(H2,20,21,25)/t18-/m0/s1. The van der Waals surface area contributed by atoms with Crippen LogP contribution in [-0.2, 0) is 10.0 Å². The lowest BCUT2D eigenvalue weighted by Gasteiger charge is -2.25. The van der Waals surface area contributed by atoms with Crippen LogP contribution >= 0.6 is 12.2 Å². The van der Waals surface area contributed by atoms with Crippen molar-refractivity contribution in [2.75, 3.05) is 19.4 Å². The van der Waals surface area contributed by atoms with Crippen molar-refractivity contribution in [3.05, 3.63) is 60.2 Å². The SMILES string of the molecule is CC(C)[C@H](NC(=S)Nc1cccc(S(=O)(=O)N(C)C)c1)c1ccccc1. The quantitative estimate of drug-likeness (QED) is 0.737. The van der Waals surface area contributed by atoms with Gasteiger partial charge in [0.15, 0.2) is 5.11 Å². The summed E-state index contributed by atoms with van der Waals surface area (Å²) in [6.45, 7) is 4.25. The monoisotopic (exact) mass is 391 g/mol. The minimum absolute atomic E-state index is 0.0601. The highest BCUT2D eigenvalue weighted by molar-refractivity contribution is 7.89. The fourth-order valence-corrected chi connectivity index (χ4v) is 3.74. The number of thiocarbonyl (C=S) groups is 1. The Morgan fingerprint density at radius 3 is 2.27 bits per heavy atom. The molecule has 0 aliphatic heterocycles. The van der Waals surface area contributed by atoms with E-state index >= 15 is 0 Å². The summed E-state index contributed by atoms with van der Waals surface area (Å²) in [6, 6.07) is 16.8. The van der Waals surface area contributed by atoms with Gasteiger partial charge in [-0.25, -0.2) is 12.7 Å². The van der Waals surface area contributed by atoms with Gasteiger partial charge in [0.25, 0.3) is 0 Å². The van der Waals surface area contributed by atoms with Crippen molar-refractivity contribution in [3.63, 3.8) is 0 Å². The Bertz CT molecular complexity index is 850. The van der Waals surface area contributed by atoms with Crippen LogP contribution in [0.3, 0.4) is 0 Å². The topological polar surface area (TPSA) is 61.4 Å². The minimum Gasteiger partial charge on any atom is -0.355 e. The normalized spacial score (nSPS) is 12.8. The van der Waals surface area contributed by atoms with Crippen LogP contribution in [-0.4, -0.2) is 31.9 Å². The van der Waals surface area contributed by atoms with Crippen LogP contribution in [0.2, 0.25) is 0 Å². The van der Waals surface area contributed by atoms with Gasteiger partial charge in [-0.3, -0.25) is 0 Å². The summed E-state index contributed by atoms with van der Waals surface area (Å²) in [5, 5.41) is 6.86. The average Bonchev–Trinajstić information content (AvgIpc) is 2.60.